The average Bonchev–Trinajstić information content (AvgIpc) is 2.14. The average molecular weight is 251 g/mol. The van der Waals surface area contributed by atoms with E-state index in [1.807, 2.05) is 0 Å². The van der Waals surface area contributed by atoms with Gasteiger partial charge in [0.2, 0.25) is 0 Å². The molecule has 16 heavy (non-hydrogen) atoms. The van der Waals surface area contributed by atoms with Gasteiger partial charge in [-0.25, -0.2) is 0 Å². The zero-order chi connectivity index (χ0) is 12.6. The summed E-state index contributed by atoms with van der Waals surface area (Å²) in [7, 11) is -4.15. The van der Waals surface area contributed by atoms with E-state index >= 15 is 0 Å². The fraction of sp³-hybridized carbons (Fsp3) is 0.900. The smallest absolute Gasteiger partial charge is 0.266 e. The Morgan fingerprint density at radius 3 is 2.31 bits per heavy atom. The van der Waals surface area contributed by atoms with E-state index in [2.05, 4.69) is 6.92 Å². The summed E-state index contributed by atoms with van der Waals surface area (Å²) < 4.78 is 29.5. The highest BCUT2D eigenvalue weighted by atomic mass is 32.2. The molecule has 0 aromatic rings. The molecule has 0 saturated heterocycles. The molecule has 3 N–H and O–H groups in total. The predicted octanol–water partition coefficient (Wildman–Crippen LogP) is 1.13. The van der Waals surface area contributed by atoms with Gasteiger partial charge in [0.1, 0.15) is 0 Å². The molecule has 5 nitrogen and oxygen atoms in total. The summed E-state index contributed by atoms with van der Waals surface area (Å²) in [6.07, 6.45) is 5.34. The Hall–Kier alpha value is -0.460. The van der Waals surface area contributed by atoms with Crippen LogP contribution in [-0.4, -0.2) is 30.5 Å². The van der Waals surface area contributed by atoms with Crippen molar-refractivity contribution >= 4 is 15.9 Å². The Bertz CT molecular complexity index is 300. The van der Waals surface area contributed by atoms with E-state index in [1.165, 1.54) is 0 Å². The predicted molar refractivity (Wildman–Crippen MR) is 62.8 cm³/mol. The molecule has 0 aromatic heterocycles. The Kier molecular flexibility index (Phi) is 7.53. The summed E-state index contributed by atoms with van der Waals surface area (Å²) >= 11 is 0. The molecule has 0 bridgehead atoms. The number of Topliss-reactive ketones (excluding diaryl/α,β-unsaturated/α-hetero) is 1. The van der Waals surface area contributed by atoms with E-state index in [9.17, 15) is 13.2 Å². The standard InChI is InChI=1S/C10H21NO4S/c1-2-3-4-5-6-7-10(12)9(11)8-16(13,14)15/h9H,2-8,11H2,1H3,(H,13,14,15). The summed E-state index contributed by atoms with van der Waals surface area (Å²) in [6, 6.07) is -1.10. The van der Waals surface area contributed by atoms with Crippen molar-refractivity contribution in [3.8, 4) is 0 Å². The van der Waals surface area contributed by atoms with Gasteiger partial charge in [-0.3, -0.25) is 9.35 Å². The largest absolute Gasteiger partial charge is 0.321 e. The second-order valence-corrected chi connectivity index (χ2v) is 5.48. The Morgan fingerprint density at radius 2 is 1.81 bits per heavy atom. The van der Waals surface area contributed by atoms with Crippen molar-refractivity contribution in [1.82, 2.24) is 0 Å². The first-order valence-corrected chi connectivity index (χ1v) is 7.21. The molecule has 96 valence electrons. The minimum absolute atomic E-state index is 0.292. The van der Waals surface area contributed by atoms with E-state index in [4.69, 9.17) is 10.3 Å². The lowest BCUT2D eigenvalue weighted by atomic mass is 10.1. The lowest BCUT2D eigenvalue weighted by molar-refractivity contribution is -0.120. The molecule has 1 atom stereocenters. The second-order valence-electron chi connectivity index (χ2n) is 3.99. The number of nitrogens with two attached hydrogens (primary N) is 1. The molecule has 0 aromatic carbocycles. The van der Waals surface area contributed by atoms with Crippen LogP contribution in [0.4, 0.5) is 0 Å². The molecular weight excluding hydrogens is 230 g/mol. The molecule has 0 heterocycles. The van der Waals surface area contributed by atoms with Crippen molar-refractivity contribution in [2.45, 2.75) is 51.5 Å². The number of unbranched alkanes of at least 4 members (excludes halogenated alkanes) is 4. The van der Waals surface area contributed by atoms with Crippen LogP contribution in [0.2, 0.25) is 0 Å². The Labute approximate surface area is 97.2 Å². The van der Waals surface area contributed by atoms with E-state index in [0.717, 1.165) is 32.1 Å². The number of rotatable bonds is 9. The fourth-order valence-corrected chi connectivity index (χ4v) is 2.05. The first kappa shape index (κ1) is 15.5. The van der Waals surface area contributed by atoms with Crippen molar-refractivity contribution < 1.29 is 17.8 Å². The van der Waals surface area contributed by atoms with Crippen LogP contribution in [-0.2, 0) is 14.9 Å². The highest BCUT2D eigenvalue weighted by Crippen LogP contribution is 2.06. The molecule has 0 aliphatic carbocycles. The maximum absolute atomic E-state index is 11.4. The Morgan fingerprint density at radius 1 is 1.25 bits per heavy atom. The van der Waals surface area contributed by atoms with Crippen molar-refractivity contribution in [3.63, 3.8) is 0 Å². The number of carbonyl (C=O) groups is 1. The summed E-state index contributed by atoms with van der Waals surface area (Å²) in [6.45, 7) is 2.10. The SMILES string of the molecule is CCCCCCCC(=O)C(N)CS(=O)(=O)O. The molecule has 0 fully saturated rings. The molecule has 1 unspecified atom stereocenters. The van der Waals surface area contributed by atoms with E-state index in [1.54, 1.807) is 0 Å². The van der Waals surface area contributed by atoms with Crippen molar-refractivity contribution in [3.05, 3.63) is 0 Å². The van der Waals surface area contributed by atoms with Crippen LogP contribution < -0.4 is 5.73 Å². The molecule has 6 heteroatoms. The quantitative estimate of drug-likeness (QED) is 0.473. The maximum Gasteiger partial charge on any atom is 0.266 e. The third-order valence-corrected chi connectivity index (χ3v) is 3.11. The molecule has 0 amide bonds. The summed E-state index contributed by atoms with van der Waals surface area (Å²) in [4.78, 5) is 11.4. The van der Waals surface area contributed by atoms with Gasteiger partial charge in [-0.1, -0.05) is 32.6 Å². The molecular formula is C10H21NO4S. The summed E-state index contributed by atoms with van der Waals surface area (Å²) in [5.74, 6) is -0.977. The van der Waals surface area contributed by atoms with Crippen LogP contribution in [0.1, 0.15) is 45.4 Å². The summed E-state index contributed by atoms with van der Waals surface area (Å²) in [5.41, 5.74) is 5.36. The van der Waals surface area contributed by atoms with E-state index < -0.39 is 21.9 Å². The highest BCUT2D eigenvalue weighted by Gasteiger charge is 2.19. The zero-order valence-corrected chi connectivity index (χ0v) is 10.5. The number of carbonyl (C=O) groups excluding carboxylic acids is 1. The van der Waals surface area contributed by atoms with E-state index in [-0.39, 0.29) is 5.78 Å². The van der Waals surface area contributed by atoms with Gasteiger partial charge in [-0.15, -0.1) is 0 Å². The number of hydrogen-bond acceptors (Lipinski definition) is 4. The van der Waals surface area contributed by atoms with Gasteiger partial charge in [0, 0.05) is 6.42 Å². The summed E-state index contributed by atoms with van der Waals surface area (Å²) in [5, 5.41) is 0. The van der Waals surface area contributed by atoms with Gasteiger partial charge in [0.25, 0.3) is 10.1 Å². The van der Waals surface area contributed by atoms with Gasteiger partial charge < -0.3 is 5.73 Å². The molecule has 0 aliphatic rings. The van der Waals surface area contributed by atoms with Crippen molar-refractivity contribution in [1.29, 1.82) is 0 Å². The fourth-order valence-electron chi connectivity index (χ4n) is 1.41. The van der Waals surface area contributed by atoms with Crippen molar-refractivity contribution in [2.24, 2.45) is 5.73 Å². The molecule has 0 rings (SSSR count). The second kappa shape index (κ2) is 7.76. The van der Waals surface area contributed by atoms with Crippen LogP contribution in [0, 0.1) is 0 Å². The first-order valence-electron chi connectivity index (χ1n) is 5.60. The van der Waals surface area contributed by atoms with Gasteiger partial charge in [-0.05, 0) is 6.42 Å². The van der Waals surface area contributed by atoms with Crippen LogP contribution in [0.25, 0.3) is 0 Å². The van der Waals surface area contributed by atoms with Crippen LogP contribution in [0.3, 0.4) is 0 Å². The third-order valence-electron chi connectivity index (χ3n) is 2.33. The van der Waals surface area contributed by atoms with E-state index in [0.29, 0.717) is 6.42 Å². The lowest BCUT2D eigenvalue weighted by Gasteiger charge is -2.08. The minimum atomic E-state index is -4.15. The lowest BCUT2D eigenvalue weighted by Crippen LogP contribution is -2.37. The third kappa shape index (κ3) is 8.82. The molecule has 0 saturated carbocycles. The molecule has 0 spiro atoms. The molecule has 0 aliphatic heterocycles. The highest BCUT2D eigenvalue weighted by molar-refractivity contribution is 7.85. The maximum atomic E-state index is 11.4. The number of hydrogen-bond donors (Lipinski definition) is 2. The Balaban J connectivity index is 3.72. The van der Waals surface area contributed by atoms with Crippen LogP contribution in [0.15, 0.2) is 0 Å². The van der Waals surface area contributed by atoms with Crippen LogP contribution >= 0.6 is 0 Å². The topological polar surface area (TPSA) is 97.5 Å². The first-order chi connectivity index (χ1) is 7.37. The van der Waals surface area contributed by atoms with Crippen LogP contribution in [0.5, 0.6) is 0 Å². The van der Waals surface area contributed by atoms with Gasteiger partial charge >= 0.3 is 0 Å². The normalized spacial score (nSPS) is 13.7. The zero-order valence-electron chi connectivity index (χ0n) is 9.68. The minimum Gasteiger partial charge on any atom is -0.321 e. The van der Waals surface area contributed by atoms with Gasteiger partial charge in [0.05, 0.1) is 11.8 Å². The van der Waals surface area contributed by atoms with Gasteiger partial charge in [0.15, 0.2) is 5.78 Å². The van der Waals surface area contributed by atoms with Crippen molar-refractivity contribution in [2.75, 3.05) is 5.75 Å². The monoisotopic (exact) mass is 251 g/mol. The van der Waals surface area contributed by atoms with Gasteiger partial charge in [-0.2, -0.15) is 8.42 Å². The molecule has 0 radical (unpaired) electrons. The number of ketones is 1.